The molecule has 2 aromatic rings. The normalized spacial score (nSPS) is 22.1. The predicted molar refractivity (Wildman–Crippen MR) is 75.0 cm³/mol. The Morgan fingerprint density at radius 3 is 2.85 bits per heavy atom. The Hall–Kier alpha value is -1.49. The van der Waals surface area contributed by atoms with Gasteiger partial charge in [-0.25, -0.2) is 13.8 Å². The van der Waals surface area contributed by atoms with Crippen molar-refractivity contribution in [1.29, 1.82) is 0 Å². The van der Waals surface area contributed by atoms with Crippen LogP contribution in [0, 0.1) is 12.8 Å². The number of nitrogens with zero attached hydrogens (tertiary/aromatic N) is 2. The van der Waals surface area contributed by atoms with Crippen LogP contribution in [0.2, 0.25) is 0 Å². The van der Waals surface area contributed by atoms with Crippen LogP contribution in [0.3, 0.4) is 0 Å². The highest BCUT2D eigenvalue weighted by Crippen LogP contribution is 2.50. The molecule has 2 atom stereocenters. The van der Waals surface area contributed by atoms with Gasteiger partial charge in [-0.3, -0.25) is 0 Å². The first-order valence-electron chi connectivity index (χ1n) is 7.02. The molecule has 0 saturated heterocycles. The van der Waals surface area contributed by atoms with E-state index in [-0.39, 0.29) is 12.5 Å². The number of rotatable bonds is 5. The van der Waals surface area contributed by atoms with Crippen LogP contribution in [0.4, 0.5) is 8.78 Å². The molecule has 3 rings (SSSR count). The summed E-state index contributed by atoms with van der Waals surface area (Å²) in [5.74, 6) is -2.00. The molecule has 1 aromatic heterocycles. The Labute approximate surface area is 117 Å². The molecule has 2 unspecified atom stereocenters. The lowest BCUT2D eigenvalue weighted by atomic mass is 10.2. The minimum atomic E-state index is -2.45. The number of halogens is 2. The van der Waals surface area contributed by atoms with Gasteiger partial charge in [-0.05, 0) is 26.0 Å². The fourth-order valence-electron chi connectivity index (χ4n) is 2.80. The van der Waals surface area contributed by atoms with Gasteiger partial charge in [0.1, 0.15) is 5.82 Å². The number of para-hydroxylation sites is 2. The minimum Gasteiger partial charge on any atom is -0.327 e. The zero-order valence-electron chi connectivity index (χ0n) is 11.7. The van der Waals surface area contributed by atoms with E-state index in [1.807, 2.05) is 38.1 Å². The molecule has 1 fully saturated rings. The van der Waals surface area contributed by atoms with Gasteiger partial charge in [0.25, 0.3) is 5.92 Å². The number of aryl methyl sites for hydroxylation is 1. The summed E-state index contributed by atoms with van der Waals surface area (Å²) >= 11 is 0. The van der Waals surface area contributed by atoms with Crippen molar-refractivity contribution >= 4 is 11.0 Å². The first kappa shape index (κ1) is 13.5. The van der Waals surface area contributed by atoms with E-state index in [9.17, 15) is 8.78 Å². The summed E-state index contributed by atoms with van der Waals surface area (Å²) in [7, 11) is 0. The molecule has 20 heavy (non-hydrogen) atoms. The lowest BCUT2D eigenvalue weighted by molar-refractivity contribution is 0.0912. The number of fused-ring (bicyclic) bond motifs is 1. The van der Waals surface area contributed by atoms with Crippen LogP contribution < -0.4 is 5.32 Å². The first-order chi connectivity index (χ1) is 9.49. The zero-order valence-corrected chi connectivity index (χ0v) is 11.7. The summed E-state index contributed by atoms with van der Waals surface area (Å²) in [5, 5.41) is 3.20. The maximum Gasteiger partial charge on any atom is 0.253 e. The van der Waals surface area contributed by atoms with Crippen LogP contribution in [0.5, 0.6) is 0 Å². The molecule has 0 aliphatic heterocycles. The molecule has 108 valence electrons. The average molecular weight is 279 g/mol. The van der Waals surface area contributed by atoms with Gasteiger partial charge >= 0.3 is 0 Å². The lowest BCUT2D eigenvalue weighted by Crippen LogP contribution is -2.32. The monoisotopic (exact) mass is 279 g/mol. The van der Waals surface area contributed by atoms with Crippen LogP contribution in [-0.4, -0.2) is 28.1 Å². The van der Waals surface area contributed by atoms with Crippen molar-refractivity contribution in [1.82, 2.24) is 14.9 Å². The van der Waals surface area contributed by atoms with Crippen LogP contribution in [-0.2, 0) is 6.54 Å². The molecule has 0 spiro atoms. The second-order valence-electron chi connectivity index (χ2n) is 5.61. The Bertz CT molecular complexity index is 621. The van der Waals surface area contributed by atoms with E-state index >= 15 is 0 Å². The Morgan fingerprint density at radius 1 is 1.45 bits per heavy atom. The van der Waals surface area contributed by atoms with Crippen LogP contribution in [0.25, 0.3) is 11.0 Å². The van der Waals surface area contributed by atoms with Crippen molar-refractivity contribution in [3.05, 3.63) is 30.1 Å². The van der Waals surface area contributed by atoms with E-state index in [2.05, 4.69) is 14.9 Å². The lowest BCUT2D eigenvalue weighted by Gasteiger charge is -2.14. The molecule has 0 bridgehead atoms. The number of imidazole rings is 1. The summed E-state index contributed by atoms with van der Waals surface area (Å²) in [6, 6.07) is 7.84. The molecule has 3 nitrogen and oxygen atoms in total. The van der Waals surface area contributed by atoms with Gasteiger partial charge in [-0.2, -0.15) is 0 Å². The summed E-state index contributed by atoms with van der Waals surface area (Å²) in [6.45, 7) is 5.23. The number of hydrogen-bond donors (Lipinski definition) is 1. The summed E-state index contributed by atoms with van der Waals surface area (Å²) in [5.41, 5.74) is 2.07. The largest absolute Gasteiger partial charge is 0.327 e. The van der Waals surface area contributed by atoms with E-state index in [4.69, 9.17) is 0 Å². The maximum atomic E-state index is 13.0. The van der Waals surface area contributed by atoms with Gasteiger partial charge in [0.05, 0.1) is 11.0 Å². The first-order valence-corrected chi connectivity index (χ1v) is 7.02. The van der Waals surface area contributed by atoms with Crippen LogP contribution in [0.1, 0.15) is 19.2 Å². The van der Waals surface area contributed by atoms with Crippen molar-refractivity contribution < 1.29 is 8.78 Å². The van der Waals surface area contributed by atoms with E-state index in [1.54, 1.807) is 0 Å². The van der Waals surface area contributed by atoms with Gasteiger partial charge in [-0.1, -0.05) is 12.1 Å². The third-order valence-electron chi connectivity index (χ3n) is 4.13. The molecular formula is C15H19F2N3. The highest BCUT2D eigenvalue weighted by Gasteiger charge is 2.58. The molecule has 1 aliphatic rings. The van der Waals surface area contributed by atoms with E-state index < -0.39 is 11.8 Å². The SMILES string of the molecule is Cc1nc2ccccc2n1CCNC(C)C1CC1(F)F. The molecule has 0 amide bonds. The Morgan fingerprint density at radius 2 is 2.15 bits per heavy atom. The average Bonchev–Trinajstić information content (AvgIpc) is 2.92. The van der Waals surface area contributed by atoms with Crippen molar-refractivity contribution in [2.24, 2.45) is 5.92 Å². The molecule has 1 N–H and O–H groups in total. The van der Waals surface area contributed by atoms with Crippen molar-refractivity contribution in [2.75, 3.05) is 6.54 Å². The molecule has 5 heteroatoms. The molecule has 0 radical (unpaired) electrons. The quantitative estimate of drug-likeness (QED) is 0.912. The molecule has 1 heterocycles. The molecule has 1 aliphatic carbocycles. The minimum absolute atomic E-state index is 0.0220. The summed E-state index contributed by atoms with van der Waals surface area (Å²) < 4.78 is 28.1. The number of aromatic nitrogens is 2. The number of benzene rings is 1. The van der Waals surface area contributed by atoms with Crippen LogP contribution >= 0.6 is 0 Å². The number of alkyl halides is 2. The third kappa shape index (κ3) is 2.42. The molecule has 1 saturated carbocycles. The van der Waals surface area contributed by atoms with E-state index in [0.717, 1.165) is 23.4 Å². The van der Waals surface area contributed by atoms with Crippen LogP contribution in [0.15, 0.2) is 24.3 Å². The van der Waals surface area contributed by atoms with Gasteiger partial charge < -0.3 is 9.88 Å². The smallest absolute Gasteiger partial charge is 0.253 e. The van der Waals surface area contributed by atoms with Gasteiger partial charge in [0.15, 0.2) is 0 Å². The van der Waals surface area contributed by atoms with Crippen molar-refractivity contribution in [2.45, 2.75) is 38.8 Å². The van der Waals surface area contributed by atoms with Gasteiger partial charge in [-0.15, -0.1) is 0 Å². The maximum absolute atomic E-state index is 13.0. The zero-order chi connectivity index (χ0) is 14.3. The highest BCUT2D eigenvalue weighted by atomic mass is 19.3. The second kappa shape index (κ2) is 4.81. The fourth-order valence-corrected chi connectivity index (χ4v) is 2.80. The van der Waals surface area contributed by atoms with Gasteiger partial charge in [0.2, 0.25) is 0 Å². The second-order valence-corrected chi connectivity index (χ2v) is 5.61. The van der Waals surface area contributed by atoms with E-state index in [1.165, 1.54) is 0 Å². The summed E-state index contributed by atoms with van der Waals surface area (Å²) in [6.07, 6.45) is 0.0220. The number of hydrogen-bond acceptors (Lipinski definition) is 2. The standard InChI is InChI=1S/C15H19F2N3/c1-10(12-9-15(12,16)17)18-7-8-20-11(2)19-13-5-3-4-6-14(13)20/h3-6,10,12,18H,7-9H2,1-2H3. The topological polar surface area (TPSA) is 29.9 Å². The van der Waals surface area contributed by atoms with Crippen molar-refractivity contribution in [3.8, 4) is 0 Å². The number of nitrogens with one attached hydrogen (secondary N) is 1. The van der Waals surface area contributed by atoms with Gasteiger partial charge in [0, 0.05) is 31.5 Å². The fraction of sp³-hybridized carbons (Fsp3) is 0.533. The molecular weight excluding hydrogens is 260 g/mol. The third-order valence-corrected chi connectivity index (χ3v) is 4.13. The highest BCUT2D eigenvalue weighted by molar-refractivity contribution is 5.75. The Balaban J connectivity index is 1.62. The van der Waals surface area contributed by atoms with E-state index in [0.29, 0.717) is 6.54 Å². The predicted octanol–water partition coefficient (Wildman–Crippen LogP) is 2.98. The summed E-state index contributed by atoms with van der Waals surface area (Å²) in [4.78, 5) is 4.50. The Kier molecular flexibility index (Phi) is 3.24. The molecule has 1 aromatic carbocycles. The van der Waals surface area contributed by atoms with Crippen molar-refractivity contribution in [3.63, 3.8) is 0 Å².